The summed E-state index contributed by atoms with van der Waals surface area (Å²) in [4.78, 5) is 56.9. The molecule has 2 aromatic carbocycles. The Bertz CT molecular complexity index is 1240. The first-order valence-electron chi connectivity index (χ1n) is 13.7. The zero-order valence-corrected chi connectivity index (χ0v) is 24.8. The highest BCUT2D eigenvalue weighted by molar-refractivity contribution is 6.30. The van der Waals surface area contributed by atoms with E-state index in [-0.39, 0.29) is 37.4 Å². The van der Waals surface area contributed by atoms with Gasteiger partial charge in [-0.25, -0.2) is 9.18 Å². The summed E-state index contributed by atoms with van der Waals surface area (Å²) < 4.78 is 18.2. The van der Waals surface area contributed by atoms with E-state index in [1.807, 2.05) is 20.8 Å². The monoisotopic (exact) mass is 588 g/mol. The van der Waals surface area contributed by atoms with Crippen LogP contribution < -0.4 is 10.6 Å². The Kier molecular flexibility index (Phi) is 10.7. The van der Waals surface area contributed by atoms with Crippen LogP contribution in [0.3, 0.4) is 0 Å². The van der Waals surface area contributed by atoms with Gasteiger partial charge in [-0.05, 0) is 62.6 Å². The van der Waals surface area contributed by atoms with E-state index in [2.05, 4.69) is 10.6 Å². The number of benzene rings is 2. The third-order valence-corrected chi connectivity index (χ3v) is 7.53. The summed E-state index contributed by atoms with van der Waals surface area (Å²) in [6, 6.07) is 10.3. The lowest BCUT2D eigenvalue weighted by Gasteiger charge is -2.48. The Morgan fingerprint density at radius 2 is 1.71 bits per heavy atom. The Labute approximate surface area is 245 Å². The summed E-state index contributed by atoms with van der Waals surface area (Å²) in [6.45, 7) is 7.50. The van der Waals surface area contributed by atoms with Crippen LogP contribution in [0.15, 0.2) is 48.5 Å². The van der Waals surface area contributed by atoms with Gasteiger partial charge >= 0.3 is 6.09 Å². The van der Waals surface area contributed by atoms with E-state index in [0.29, 0.717) is 29.0 Å². The first-order chi connectivity index (χ1) is 19.4. The normalized spacial score (nSPS) is 17.6. The lowest BCUT2D eigenvalue weighted by atomic mass is 9.86. The Morgan fingerprint density at radius 3 is 2.27 bits per heavy atom. The molecular weight excluding hydrogens is 551 g/mol. The molecule has 2 aromatic rings. The molecule has 1 aliphatic rings. The van der Waals surface area contributed by atoms with E-state index in [1.54, 1.807) is 31.2 Å². The number of alkyl carbamates (subject to hydrolysis) is 1. The second-order valence-electron chi connectivity index (χ2n) is 10.6. The minimum atomic E-state index is -1.37. The molecule has 0 saturated carbocycles. The van der Waals surface area contributed by atoms with Gasteiger partial charge in [-0.3, -0.25) is 14.4 Å². The number of hydrogen-bond acceptors (Lipinski definition) is 5. The van der Waals surface area contributed by atoms with Crippen molar-refractivity contribution in [3.63, 3.8) is 0 Å². The number of halogens is 2. The van der Waals surface area contributed by atoms with Gasteiger partial charge in [0.1, 0.15) is 23.4 Å². The van der Waals surface area contributed by atoms with Crippen molar-refractivity contribution in [3.8, 4) is 0 Å². The molecule has 0 aromatic heterocycles. The summed E-state index contributed by atoms with van der Waals surface area (Å²) in [5.41, 5.74) is -0.158. The van der Waals surface area contributed by atoms with Gasteiger partial charge in [0.05, 0.1) is 7.11 Å². The van der Waals surface area contributed by atoms with E-state index in [4.69, 9.17) is 16.3 Å². The number of hydrogen-bond donors (Lipinski definition) is 2. The number of piperazine rings is 1. The maximum atomic E-state index is 14.2. The van der Waals surface area contributed by atoms with Crippen molar-refractivity contribution >= 4 is 35.4 Å². The van der Waals surface area contributed by atoms with Gasteiger partial charge < -0.3 is 25.2 Å². The largest absolute Gasteiger partial charge is 0.453 e. The van der Waals surface area contributed by atoms with Gasteiger partial charge in [0, 0.05) is 30.6 Å². The molecule has 41 heavy (non-hydrogen) atoms. The zero-order chi connectivity index (χ0) is 30.3. The van der Waals surface area contributed by atoms with E-state index >= 15 is 0 Å². The number of nitrogens with one attached hydrogen (secondary N) is 2. The van der Waals surface area contributed by atoms with Gasteiger partial charge in [0.15, 0.2) is 0 Å². The molecule has 0 aliphatic carbocycles. The molecule has 2 N–H and O–H groups in total. The average molecular weight is 589 g/mol. The van der Waals surface area contributed by atoms with Gasteiger partial charge in [-0.1, -0.05) is 49.2 Å². The number of nitrogens with zero attached hydrogens (tertiary/aromatic N) is 2. The minimum absolute atomic E-state index is 0.0702. The SMILES string of the molecule is CCC[C@H]1C(=O)N(C(C)(C(=O)NC(C)C)c2ccc(Cl)cc2)CCN1C(=O)[C@@H](Cc1ccc(F)cc1)NC(=O)OC. The fourth-order valence-electron chi connectivity index (χ4n) is 5.09. The summed E-state index contributed by atoms with van der Waals surface area (Å²) in [5.74, 6) is -1.61. The minimum Gasteiger partial charge on any atom is -0.453 e. The van der Waals surface area contributed by atoms with Crippen LogP contribution in [0.5, 0.6) is 0 Å². The molecule has 1 unspecified atom stereocenters. The number of rotatable bonds is 10. The summed E-state index contributed by atoms with van der Waals surface area (Å²) in [5, 5.41) is 6.00. The number of amides is 4. The van der Waals surface area contributed by atoms with Gasteiger partial charge in [0.2, 0.25) is 11.8 Å². The Hall–Kier alpha value is -3.66. The maximum Gasteiger partial charge on any atom is 0.407 e. The van der Waals surface area contributed by atoms with Crippen molar-refractivity contribution in [2.45, 2.75) is 70.6 Å². The van der Waals surface area contributed by atoms with E-state index in [0.717, 1.165) is 0 Å². The molecule has 3 rings (SSSR count). The van der Waals surface area contributed by atoms with Crippen LogP contribution in [-0.2, 0) is 31.1 Å². The van der Waals surface area contributed by atoms with Crippen LogP contribution in [-0.4, -0.2) is 71.9 Å². The summed E-state index contributed by atoms with van der Waals surface area (Å²) in [6.07, 6.45) is 0.214. The number of carbonyl (C=O) groups is 4. The molecule has 1 saturated heterocycles. The van der Waals surface area contributed by atoms with Gasteiger partial charge in [-0.15, -0.1) is 0 Å². The zero-order valence-electron chi connectivity index (χ0n) is 24.1. The Morgan fingerprint density at radius 1 is 1.07 bits per heavy atom. The highest BCUT2D eigenvalue weighted by Gasteiger charge is 2.50. The van der Waals surface area contributed by atoms with Crippen molar-refractivity contribution < 1.29 is 28.3 Å². The van der Waals surface area contributed by atoms with Crippen LogP contribution >= 0.6 is 11.6 Å². The smallest absolute Gasteiger partial charge is 0.407 e. The lowest BCUT2D eigenvalue weighted by molar-refractivity contribution is -0.162. The van der Waals surface area contributed by atoms with Crippen LogP contribution in [0.4, 0.5) is 9.18 Å². The van der Waals surface area contributed by atoms with Crippen LogP contribution in [0.2, 0.25) is 5.02 Å². The van der Waals surface area contributed by atoms with Gasteiger partial charge in [0.25, 0.3) is 5.91 Å². The highest BCUT2D eigenvalue weighted by Crippen LogP contribution is 2.34. The average Bonchev–Trinajstić information content (AvgIpc) is 2.94. The molecule has 4 amide bonds. The van der Waals surface area contributed by atoms with Crippen LogP contribution in [0.1, 0.15) is 51.7 Å². The third-order valence-electron chi connectivity index (χ3n) is 7.27. The second-order valence-corrected chi connectivity index (χ2v) is 11.0. The molecule has 3 atom stereocenters. The topological polar surface area (TPSA) is 108 Å². The Balaban J connectivity index is 1.97. The highest BCUT2D eigenvalue weighted by atomic mass is 35.5. The predicted octanol–water partition coefficient (Wildman–Crippen LogP) is 4.03. The fraction of sp³-hybridized carbons (Fsp3) is 0.467. The van der Waals surface area contributed by atoms with Gasteiger partial charge in [-0.2, -0.15) is 0 Å². The molecule has 0 radical (unpaired) electrons. The molecule has 1 heterocycles. The molecule has 9 nitrogen and oxygen atoms in total. The first kappa shape index (κ1) is 31.9. The van der Waals surface area contributed by atoms with Crippen molar-refractivity contribution in [2.24, 2.45) is 0 Å². The number of methoxy groups -OCH3 is 1. The van der Waals surface area contributed by atoms with Crippen molar-refractivity contribution in [3.05, 3.63) is 70.5 Å². The lowest BCUT2D eigenvalue weighted by Crippen LogP contribution is -2.68. The fourth-order valence-corrected chi connectivity index (χ4v) is 5.22. The van der Waals surface area contributed by atoms with E-state index in [9.17, 15) is 23.6 Å². The molecular formula is C30H38ClFN4O5. The summed E-state index contributed by atoms with van der Waals surface area (Å²) >= 11 is 6.12. The van der Waals surface area contributed by atoms with E-state index < -0.39 is 35.4 Å². The standard InChI is InChI=1S/C30H38ClFN4O5/c1-6-7-25-27(38)36(30(4,28(39)33-19(2)3)21-10-12-22(31)13-11-21)17-16-35(25)26(37)24(34-29(40)41-5)18-20-8-14-23(32)15-9-20/h8-15,19,24-25H,6-7,16-18H2,1-5H3,(H,33,39)(H,34,40)/t24-,25+,30?/m1/s1. The van der Waals surface area contributed by atoms with Crippen molar-refractivity contribution in [1.82, 2.24) is 20.4 Å². The summed E-state index contributed by atoms with van der Waals surface area (Å²) in [7, 11) is 1.19. The third kappa shape index (κ3) is 7.35. The molecule has 0 bridgehead atoms. The first-order valence-corrected chi connectivity index (χ1v) is 14.1. The number of ether oxygens (including phenoxy) is 1. The quantitative estimate of drug-likeness (QED) is 0.436. The maximum absolute atomic E-state index is 14.2. The van der Waals surface area contributed by atoms with Crippen LogP contribution in [0.25, 0.3) is 0 Å². The molecule has 222 valence electrons. The molecule has 11 heteroatoms. The van der Waals surface area contributed by atoms with E-state index in [1.165, 1.54) is 41.2 Å². The number of carbonyl (C=O) groups excluding carboxylic acids is 4. The molecule has 1 fully saturated rings. The molecule has 0 spiro atoms. The second kappa shape index (κ2) is 13.8. The van der Waals surface area contributed by atoms with Crippen molar-refractivity contribution in [2.75, 3.05) is 20.2 Å². The van der Waals surface area contributed by atoms with Crippen molar-refractivity contribution in [1.29, 1.82) is 0 Å². The predicted molar refractivity (Wildman–Crippen MR) is 154 cm³/mol. The molecule has 1 aliphatic heterocycles. The van der Waals surface area contributed by atoms with Crippen LogP contribution in [0, 0.1) is 5.82 Å².